The van der Waals surface area contributed by atoms with Crippen molar-refractivity contribution in [3.8, 4) is 0 Å². The van der Waals surface area contributed by atoms with Crippen LogP contribution in [0.5, 0.6) is 0 Å². The van der Waals surface area contributed by atoms with Crippen LogP contribution >= 0.6 is 0 Å². The van der Waals surface area contributed by atoms with E-state index in [0.717, 1.165) is 35.7 Å². The van der Waals surface area contributed by atoms with Crippen molar-refractivity contribution >= 4 is 17.7 Å². The van der Waals surface area contributed by atoms with E-state index in [1.54, 1.807) is 12.3 Å². The maximum absolute atomic E-state index is 12.0. The molecule has 0 saturated carbocycles. The van der Waals surface area contributed by atoms with Crippen LogP contribution in [0.2, 0.25) is 0 Å². The number of amides is 1. The summed E-state index contributed by atoms with van der Waals surface area (Å²) in [6.45, 7) is 9.49. The minimum absolute atomic E-state index is 0.166. The Labute approximate surface area is 124 Å². The Balaban J connectivity index is 2.06. The molecule has 0 unspecified atom stereocenters. The fraction of sp³-hybridized carbons (Fsp3) is 0.400. The fourth-order valence-electron chi connectivity index (χ4n) is 2.16. The van der Waals surface area contributed by atoms with E-state index in [1.165, 1.54) is 6.08 Å². The van der Waals surface area contributed by atoms with E-state index in [2.05, 4.69) is 15.5 Å². The lowest BCUT2D eigenvalue weighted by Crippen LogP contribution is -2.09. The van der Waals surface area contributed by atoms with Crippen LogP contribution in [0.4, 0.5) is 5.69 Å². The van der Waals surface area contributed by atoms with Crippen molar-refractivity contribution in [3.63, 3.8) is 0 Å². The number of nitrogens with zero attached hydrogens (tertiary/aromatic N) is 4. The summed E-state index contributed by atoms with van der Waals surface area (Å²) in [5, 5.41) is 11.4. The second-order valence-electron chi connectivity index (χ2n) is 4.81. The largest absolute Gasteiger partial charge is 0.319 e. The lowest BCUT2D eigenvalue weighted by atomic mass is 10.3. The summed E-state index contributed by atoms with van der Waals surface area (Å²) >= 11 is 0. The molecule has 0 aromatic carbocycles. The quantitative estimate of drug-likeness (QED) is 0.859. The predicted molar refractivity (Wildman–Crippen MR) is 82.9 cm³/mol. The van der Waals surface area contributed by atoms with Gasteiger partial charge >= 0.3 is 0 Å². The summed E-state index contributed by atoms with van der Waals surface area (Å²) in [5.74, 6) is -0.166. The summed E-state index contributed by atoms with van der Waals surface area (Å²) in [6.07, 6.45) is 6.90. The third-order valence-corrected chi connectivity index (χ3v) is 3.33. The predicted octanol–water partition coefficient (Wildman–Crippen LogP) is 2.39. The van der Waals surface area contributed by atoms with E-state index in [1.807, 2.05) is 43.3 Å². The number of hydrogen-bond acceptors (Lipinski definition) is 3. The molecule has 0 bridgehead atoms. The molecule has 0 saturated heterocycles. The van der Waals surface area contributed by atoms with Gasteiger partial charge in [-0.1, -0.05) is 0 Å². The average Bonchev–Trinajstić information content (AvgIpc) is 3.04. The average molecular weight is 287 g/mol. The smallest absolute Gasteiger partial charge is 0.248 e. The summed E-state index contributed by atoms with van der Waals surface area (Å²) in [6, 6.07) is 0. The fourth-order valence-corrected chi connectivity index (χ4v) is 2.16. The summed E-state index contributed by atoms with van der Waals surface area (Å²) in [4.78, 5) is 12.0. The van der Waals surface area contributed by atoms with E-state index < -0.39 is 0 Å². The molecule has 2 heterocycles. The van der Waals surface area contributed by atoms with Gasteiger partial charge in [0.15, 0.2) is 0 Å². The van der Waals surface area contributed by atoms with E-state index >= 15 is 0 Å². The van der Waals surface area contributed by atoms with Crippen LogP contribution < -0.4 is 5.32 Å². The number of rotatable bonds is 5. The molecule has 0 radical (unpaired) electrons. The Hall–Kier alpha value is -2.37. The first-order valence-corrected chi connectivity index (χ1v) is 7.10. The Bertz CT molecular complexity index is 666. The highest BCUT2D eigenvalue weighted by atomic mass is 16.1. The van der Waals surface area contributed by atoms with Crippen molar-refractivity contribution in [1.29, 1.82) is 0 Å². The highest BCUT2D eigenvalue weighted by Gasteiger charge is 2.11. The van der Waals surface area contributed by atoms with Crippen molar-refractivity contribution in [2.24, 2.45) is 0 Å². The topological polar surface area (TPSA) is 64.7 Å². The number of aryl methyl sites for hydroxylation is 3. The number of hydrogen-bond donors (Lipinski definition) is 1. The molecule has 0 spiro atoms. The van der Waals surface area contributed by atoms with Crippen LogP contribution in [-0.4, -0.2) is 25.5 Å². The van der Waals surface area contributed by atoms with Crippen LogP contribution in [-0.2, 0) is 17.9 Å². The highest BCUT2D eigenvalue weighted by Crippen LogP contribution is 2.19. The summed E-state index contributed by atoms with van der Waals surface area (Å²) in [5.41, 5.74) is 3.49. The molecule has 6 nitrogen and oxygen atoms in total. The van der Waals surface area contributed by atoms with Gasteiger partial charge in [-0.05, 0) is 33.8 Å². The molecule has 21 heavy (non-hydrogen) atoms. The molecule has 0 aliphatic heterocycles. The monoisotopic (exact) mass is 287 g/mol. The number of carbonyl (C=O) groups excluding carboxylic acids is 1. The lowest BCUT2D eigenvalue weighted by Gasteiger charge is -2.03. The Morgan fingerprint density at radius 3 is 2.67 bits per heavy atom. The van der Waals surface area contributed by atoms with Crippen molar-refractivity contribution in [2.75, 3.05) is 5.32 Å². The first kappa shape index (κ1) is 15.0. The number of carbonyl (C=O) groups is 1. The minimum Gasteiger partial charge on any atom is -0.319 e. The van der Waals surface area contributed by atoms with Gasteiger partial charge in [0, 0.05) is 30.9 Å². The third-order valence-electron chi connectivity index (χ3n) is 3.33. The van der Waals surface area contributed by atoms with Crippen LogP contribution in [0.1, 0.15) is 30.8 Å². The lowest BCUT2D eigenvalue weighted by molar-refractivity contribution is -0.111. The van der Waals surface area contributed by atoms with E-state index in [-0.39, 0.29) is 5.91 Å². The Morgan fingerprint density at radius 2 is 2.10 bits per heavy atom. The molecule has 0 fully saturated rings. The molecular formula is C15H21N5O. The van der Waals surface area contributed by atoms with Crippen molar-refractivity contribution in [2.45, 2.75) is 40.8 Å². The van der Waals surface area contributed by atoms with E-state index in [4.69, 9.17) is 0 Å². The van der Waals surface area contributed by atoms with Crippen LogP contribution in [0, 0.1) is 13.8 Å². The summed E-state index contributed by atoms with van der Waals surface area (Å²) < 4.78 is 3.69. The van der Waals surface area contributed by atoms with Gasteiger partial charge < -0.3 is 5.32 Å². The first-order chi connectivity index (χ1) is 10.0. The van der Waals surface area contributed by atoms with Gasteiger partial charge in [-0.2, -0.15) is 10.2 Å². The van der Waals surface area contributed by atoms with Crippen LogP contribution in [0.25, 0.3) is 6.08 Å². The molecule has 1 N–H and O–H groups in total. The SMILES string of the molecule is CCn1cc(C=CC(=O)Nc2c(C)nn(CC)c2C)cn1. The van der Waals surface area contributed by atoms with Crippen molar-refractivity contribution < 1.29 is 4.79 Å². The maximum atomic E-state index is 12.0. The first-order valence-electron chi connectivity index (χ1n) is 7.10. The highest BCUT2D eigenvalue weighted by molar-refractivity contribution is 6.02. The molecule has 0 atom stereocenters. The Kier molecular flexibility index (Phi) is 4.57. The van der Waals surface area contributed by atoms with Gasteiger partial charge in [-0.3, -0.25) is 14.2 Å². The van der Waals surface area contributed by atoms with Gasteiger partial charge in [0.05, 0.1) is 23.3 Å². The van der Waals surface area contributed by atoms with Gasteiger partial charge in [0.1, 0.15) is 0 Å². The number of aromatic nitrogens is 4. The van der Waals surface area contributed by atoms with Crippen molar-refractivity contribution in [1.82, 2.24) is 19.6 Å². The zero-order valence-electron chi connectivity index (χ0n) is 12.9. The third kappa shape index (κ3) is 3.39. The molecule has 2 aromatic heterocycles. The van der Waals surface area contributed by atoms with E-state index in [9.17, 15) is 4.79 Å². The van der Waals surface area contributed by atoms with Gasteiger partial charge in [0.2, 0.25) is 5.91 Å². The maximum Gasteiger partial charge on any atom is 0.248 e. The van der Waals surface area contributed by atoms with Crippen molar-refractivity contribution in [3.05, 3.63) is 35.4 Å². The number of nitrogens with one attached hydrogen (secondary N) is 1. The normalized spacial score (nSPS) is 11.2. The molecule has 2 aromatic rings. The van der Waals surface area contributed by atoms with Crippen LogP contribution in [0.3, 0.4) is 0 Å². The molecule has 112 valence electrons. The van der Waals surface area contributed by atoms with Gasteiger partial charge in [0.25, 0.3) is 0 Å². The molecule has 2 rings (SSSR count). The minimum atomic E-state index is -0.166. The molecule has 0 aliphatic carbocycles. The van der Waals surface area contributed by atoms with Crippen LogP contribution in [0.15, 0.2) is 18.5 Å². The molecule has 0 aliphatic rings. The second kappa shape index (κ2) is 6.39. The standard InChI is InChI=1S/C15H21N5O/c1-5-19-10-13(9-16-19)7-8-14(21)17-15-11(3)18-20(6-2)12(15)4/h7-10H,5-6H2,1-4H3,(H,17,21). The molecule has 1 amide bonds. The Morgan fingerprint density at radius 1 is 1.33 bits per heavy atom. The van der Waals surface area contributed by atoms with Gasteiger partial charge in [-0.15, -0.1) is 0 Å². The number of anilines is 1. The zero-order valence-corrected chi connectivity index (χ0v) is 12.9. The molecular weight excluding hydrogens is 266 g/mol. The molecule has 6 heteroatoms. The summed E-state index contributed by atoms with van der Waals surface area (Å²) in [7, 11) is 0. The second-order valence-corrected chi connectivity index (χ2v) is 4.81. The van der Waals surface area contributed by atoms with Gasteiger partial charge in [-0.25, -0.2) is 0 Å². The zero-order chi connectivity index (χ0) is 15.4. The van der Waals surface area contributed by atoms with E-state index in [0.29, 0.717) is 0 Å².